The molecule has 3 aromatic rings. The molecule has 1 amide bonds. The first-order valence-electron chi connectivity index (χ1n) is 11.9. The molecule has 1 aromatic heterocycles. The van der Waals surface area contributed by atoms with E-state index in [1.54, 1.807) is 12.0 Å². The molecule has 1 atom stereocenters. The molecule has 0 unspecified atom stereocenters. The van der Waals surface area contributed by atoms with E-state index in [1.807, 2.05) is 43.3 Å². The molecule has 4 rings (SSSR count). The van der Waals surface area contributed by atoms with Crippen molar-refractivity contribution < 1.29 is 14.6 Å². The van der Waals surface area contributed by atoms with Gasteiger partial charge in [0.2, 0.25) is 0 Å². The molecule has 178 valence electrons. The summed E-state index contributed by atoms with van der Waals surface area (Å²) in [4.78, 5) is 31.2. The van der Waals surface area contributed by atoms with Crippen molar-refractivity contribution in [1.82, 2.24) is 9.88 Å². The molecule has 6 nitrogen and oxygen atoms in total. The zero-order chi connectivity index (χ0) is 24.2. The molecule has 0 radical (unpaired) electrons. The number of aromatic amines is 1. The van der Waals surface area contributed by atoms with Crippen LogP contribution in [0.25, 0.3) is 11.1 Å². The minimum atomic E-state index is -0.541. The van der Waals surface area contributed by atoms with E-state index in [1.165, 1.54) is 5.56 Å². The molecule has 2 N–H and O–H groups in total. The number of carbonyl (C=O) groups is 1. The molecule has 1 saturated heterocycles. The van der Waals surface area contributed by atoms with Crippen molar-refractivity contribution in [3.8, 4) is 22.6 Å². The van der Waals surface area contributed by atoms with Crippen molar-refractivity contribution in [2.24, 2.45) is 0 Å². The number of unbranched alkanes of at least 4 members (excludes halogenated alkanes) is 1. The van der Waals surface area contributed by atoms with Gasteiger partial charge >= 0.3 is 0 Å². The van der Waals surface area contributed by atoms with Crippen molar-refractivity contribution in [1.29, 1.82) is 0 Å². The Kier molecular flexibility index (Phi) is 7.06. The quantitative estimate of drug-likeness (QED) is 0.518. The van der Waals surface area contributed by atoms with Gasteiger partial charge in [-0.2, -0.15) is 0 Å². The summed E-state index contributed by atoms with van der Waals surface area (Å²) in [7, 11) is 1.59. The first-order chi connectivity index (χ1) is 16.4. The van der Waals surface area contributed by atoms with Crippen LogP contribution in [0.1, 0.15) is 59.3 Å². The molecule has 0 saturated carbocycles. The molecule has 0 aliphatic carbocycles. The summed E-state index contributed by atoms with van der Waals surface area (Å²) in [5.74, 6) is 0.182. The third kappa shape index (κ3) is 4.58. The summed E-state index contributed by atoms with van der Waals surface area (Å²) in [6, 6.07) is 15.7. The second kappa shape index (κ2) is 10.2. The predicted molar refractivity (Wildman–Crippen MR) is 134 cm³/mol. The Morgan fingerprint density at radius 1 is 1.21 bits per heavy atom. The van der Waals surface area contributed by atoms with Gasteiger partial charge in [-0.15, -0.1) is 0 Å². The zero-order valence-electron chi connectivity index (χ0n) is 20.1. The minimum Gasteiger partial charge on any atom is -0.506 e. The molecule has 2 aromatic carbocycles. The van der Waals surface area contributed by atoms with E-state index in [4.69, 9.17) is 4.74 Å². The summed E-state index contributed by atoms with van der Waals surface area (Å²) < 4.78 is 5.40. The number of likely N-dealkylation sites (tertiary alicyclic amines) is 1. The first-order valence-corrected chi connectivity index (χ1v) is 11.9. The van der Waals surface area contributed by atoms with Gasteiger partial charge in [-0.25, -0.2) is 0 Å². The second-order valence-electron chi connectivity index (χ2n) is 8.96. The highest BCUT2D eigenvalue weighted by Crippen LogP contribution is 2.38. The number of aromatic nitrogens is 1. The van der Waals surface area contributed by atoms with Crippen LogP contribution in [0.4, 0.5) is 0 Å². The molecule has 34 heavy (non-hydrogen) atoms. The number of aromatic hydroxyl groups is 1. The van der Waals surface area contributed by atoms with Gasteiger partial charge in [-0.1, -0.05) is 49.7 Å². The smallest absolute Gasteiger partial charge is 0.264 e. The maximum atomic E-state index is 13.5. The van der Waals surface area contributed by atoms with Gasteiger partial charge in [-0.3, -0.25) is 9.59 Å². The Hall–Kier alpha value is -3.54. The second-order valence-corrected chi connectivity index (χ2v) is 8.96. The van der Waals surface area contributed by atoms with Crippen LogP contribution in [0.3, 0.4) is 0 Å². The minimum absolute atomic E-state index is 0.189. The Bertz CT molecular complexity index is 1230. The van der Waals surface area contributed by atoms with Crippen molar-refractivity contribution >= 4 is 5.91 Å². The van der Waals surface area contributed by atoms with E-state index in [2.05, 4.69) is 24.0 Å². The van der Waals surface area contributed by atoms with Crippen LogP contribution in [0.2, 0.25) is 0 Å². The molecule has 1 aliphatic heterocycles. The Morgan fingerprint density at radius 3 is 2.68 bits per heavy atom. The highest BCUT2D eigenvalue weighted by molar-refractivity contribution is 5.99. The number of hydrogen-bond donors (Lipinski definition) is 2. The largest absolute Gasteiger partial charge is 0.506 e. The van der Waals surface area contributed by atoms with Crippen molar-refractivity contribution in [2.45, 2.75) is 45.4 Å². The lowest BCUT2D eigenvalue weighted by Gasteiger charge is -2.20. The topological polar surface area (TPSA) is 82.6 Å². The van der Waals surface area contributed by atoms with Crippen LogP contribution in [-0.4, -0.2) is 41.1 Å². The maximum absolute atomic E-state index is 13.5. The van der Waals surface area contributed by atoms with Crippen molar-refractivity contribution in [2.75, 3.05) is 20.2 Å². The molecule has 2 heterocycles. The Balaban J connectivity index is 1.76. The van der Waals surface area contributed by atoms with Gasteiger partial charge in [0.15, 0.2) is 0 Å². The van der Waals surface area contributed by atoms with E-state index < -0.39 is 11.5 Å². The van der Waals surface area contributed by atoms with Crippen LogP contribution in [0.5, 0.6) is 11.5 Å². The van der Waals surface area contributed by atoms with Crippen LogP contribution in [0.15, 0.2) is 53.3 Å². The molecule has 1 fully saturated rings. The predicted octanol–water partition coefficient (Wildman–Crippen LogP) is 5.04. The summed E-state index contributed by atoms with van der Waals surface area (Å²) in [5, 5.41) is 11.4. The number of carbonyl (C=O) groups excluding carboxylic acids is 1. The van der Waals surface area contributed by atoms with Crippen LogP contribution in [-0.2, 0) is 6.42 Å². The Morgan fingerprint density at radius 2 is 1.97 bits per heavy atom. The third-order valence-corrected chi connectivity index (χ3v) is 6.72. The Labute approximate surface area is 200 Å². The van der Waals surface area contributed by atoms with Crippen LogP contribution < -0.4 is 10.3 Å². The van der Waals surface area contributed by atoms with Gasteiger partial charge in [-0.05, 0) is 55.0 Å². The van der Waals surface area contributed by atoms with Crippen LogP contribution >= 0.6 is 0 Å². The number of aryl methyl sites for hydroxylation is 2. The summed E-state index contributed by atoms with van der Waals surface area (Å²) in [6.07, 6.45) is 3.21. The summed E-state index contributed by atoms with van der Waals surface area (Å²) in [5.41, 5.74) is 3.26. The molecule has 0 spiro atoms. The fraction of sp³-hybridized carbons (Fsp3) is 0.357. The average Bonchev–Trinajstić information content (AvgIpc) is 3.34. The van der Waals surface area contributed by atoms with E-state index in [0.29, 0.717) is 36.5 Å². The number of ether oxygens (including phenoxy) is 1. The zero-order valence-corrected chi connectivity index (χ0v) is 20.1. The highest BCUT2D eigenvalue weighted by atomic mass is 16.5. The third-order valence-electron chi connectivity index (χ3n) is 6.72. The monoisotopic (exact) mass is 460 g/mol. The number of H-pyrrole nitrogens is 1. The van der Waals surface area contributed by atoms with Crippen molar-refractivity contribution in [3.63, 3.8) is 0 Å². The SMILES string of the molecule is CCCCc1[nH]c(=O)c(C(=O)N2CC[C@H](c3ccccc3)C2)c(O)c1-c1cc(OC)ccc1C. The first kappa shape index (κ1) is 23.6. The number of nitrogens with one attached hydrogen (secondary N) is 1. The van der Waals surface area contributed by atoms with E-state index in [9.17, 15) is 14.7 Å². The van der Waals surface area contributed by atoms with E-state index in [-0.39, 0.29) is 17.2 Å². The fourth-order valence-electron chi connectivity index (χ4n) is 4.76. The van der Waals surface area contributed by atoms with Gasteiger partial charge < -0.3 is 19.7 Å². The highest BCUT2D eigenvalue weighted by Gasteiger charge is 2.32. The van der Waals surface area contributed by atoms with Gasteiger partial charge in [0.1, 0.15) is 17.1 Å². The van der Waals surface area contributed by atoms with Gasteiger partial charge in [0.05, 0.1) is 7.11 Å². The number of nitrogens with zero attached hydrogens (tertiary/aromatic N) is 1. The average molecular weight is 461 g/mol. The summed E-state index contributed by atoms with van der Waals surface area (Å²) in [6.45, 7) is 5.08. The standard InChI is InChI=1S/C28H32N2O4/c1-4-5-11-23-24(22-16-21(34-3)13-12-18(22)2)26(31)25(27(32)29-23)28(33)30-15-14-20(17-30)19-9-7-6-8-10-19/h6-10,12-13,16,20H,4-5,11,14-15,17H2,1-3H3,(H2,29,31,32)/t20-/m0/s1. The number of methoxy groups -OCH3 is 1. The molecule has 6 heteroatoms. The van der Waals surface area contributed by atoms with Crippen molar-refractivity contribution in [3.05, 3.63) is 81.3 Å². The molecular weight excluding hydrogens is 428 g/mol. The number of amides is 1. The molecule has 1 aliphatic rings. The summed E-state index contributed by atoms with van der Waals surface area (Å²) >= 11 is 0. The maximum Gasteiger partial charge on any atom is 0.264 e. The number of hydrogen-bond acceptors (Lipinski definition) is 4. The van der Waals surface area contributed by atoms with Crippen LogP contribution in [0, 0.1) is 6.92 Å². The lowest BCUT2D eigenvalue weighted by molar-refractivity contribution is 0.0786. The van der Waals surface area contributed by atoms with E-state index in [0.717, 1.165) is 30.4 Å². The van der Waals surface area contributed by atoms with E-state index >= 15 is 0 Å². The molecule has 0 bridgehead atoms. The van der Waals surface area contributed by atoms with Gasteiger partial charge in [0.25, 0.3) is 11.5 Å². The normalized spacial score (nSPS) is 15.5. The number of pyridine rings is 1. The molecular formula is C28H32N2O4. The lowest BCUT2D eigenvalue weighted by Crippen LogP contribution is -2.33. The fourth-order valence-corrected chi connectivity index (χ4v) is 4.76. The lowest BCUT2D eigenvalue weighted by atomic mass is 9.94. The van der Waals surface area contributed by atoms with Gasteiger partial charge in [0, 0.05) is 30.3 Å². The number of benzene rings is 2. The number of rotatable bonds is 7.